The Bertz CT molecular complexity index is 1910. The minimum absolute atomic E-state index is 0.0354. The highest BCUT2D eigenvalue weighted by atomic mass is 32.1. The van der Waals surface area contributed by atoms with E-state index in [1.54, 1.807) is 26.0 Å². The second kappa shape index (κ2) is 22.0. The Morgan fingerprint density at radius 1 is 0.860 bits per heavy atom. The Labute approximate surface area is 333 Å². The predicted molar refractivity (Wildman–Crippen MR) is 204 cm³/mol. The van der Waals surface area contributed by atoms with Gasteiger partial charge in [0.05, 0.1) is 71.5 Å². The number of esters is 2. The first kappa shape index (κ1) is 44.6. The number of methoxy groups -OCH3 is 2. The predicted octanol–water partition coefficient (Wildman–Crippen LogP) is 4.61. The molecule has 0 radical (unpaired) electrons. The van der Waals surface area contributed by atoms with Crippen LogP contribution in [0.4, 0.5) is 8.78 Å². The summed E-state index contributed by atoms with van der Waals surface area (Å²) in [4.78, 5) is 63.3. The van der Waals surface area contributed by atoms with E-state index in [0.717, 1.165) is 11.3 Å². The van der Waals surface area contributed by atoms with Gasteiger partial charge in [-0.2, -0.15) is 0 Å². The van der Waals surface area contributed by atoms with Crippen LogP contribution in [0.25, 0.3) is 10.1 Å². The second-order valence-corrected chi connectivity index (χ2v) is 14.0. The number of thiophene rings is 1. The van der Waals surface area contributed by atoms with Crippen molar-refractivity contribution < 1.29 is 65.9 Å². The van der Waals surface area contributed by atoms with E-state index in [1.165, 1.54) is 25.2 Å². The molecule has 4 rings (SSSR count). The number of nitrogens with two attached hydrogens (primary N) is 1. The van der Waals surface area contributed by atoms with Crippen molar-refractivity contribution in [1.82, 2.24) is 10.2 Å². The van der Waals surface area contributed by atoms with Crippen LogP contribution in [0.5, 0.6) is 23.0 Å². The molecule has 2 heterocycles. The molecule has 1 atom stereocenters. The molecule has 57 heavy (non-hydrogen) atoms. The van der Waals surface area contributed by atoms with Gasteiger partial charge in [-0.15, -0.1) is 11.3 Å². The van der Waals surface area contributed by atoms with Crippen LogP contribution in [0.3, 0.4) is 0 Å². The maximum absolute atomic E-state index is 15.8. The third kappa shape index (κ3) is 12.5. The Morgan fingerprint density at radius 3 is 2.23 bits per heavy atom. The van der Waals surface area contributed by atoms with Crippen LogP contribution in [0.15, 0.2) is 18.2 Å². The summed E-state index contributed by atoms with van der Waals surface area (Å²) >= 11 is 1.08. The average molecular weight is 822 g/mol. The molecule has 0 spiro atoms. The fourth-order valence-electron chi connectivity index (χ4n) is 5.81. The number of ether oxygens (including phenoxy) is 7. The number of fused-ring (bicyclic) bond motifs is 2. The molecule has 2 amide bonds. The highest BCUT2D eigenvalue weighted by molar-refractivity contribution is 7.20. The molecular formula is C39H49F2N3O12S. The summed E-state index contributed by atoms with van der Waals surface area (Å²) in [5, 5.41) is 2.82. The van der Waals surface area contributed by atoms with Crippen molar-refractivity contribution in [3.8, 4) is 23.0 Å². The van der Waals surface area contributed by atoms with E-state index in [0.29, 0.717) is 23.4 Å². The Kier molecular flexibility index (Phi) is 17.2. The Balaban J connectivity index is 1.26. The highest BCUT2D eigenvalue weighted by Gasteiger charge is 2.31. The van der Waals surface area contributed by atoms with E-state index in [2.05, 4.69) is 5.32 Å². The van der Waals surface area contributed by atoms with E-state index in [4.69, 9.17) is 38.9 Å². The van der Waals surface area contributed by atoms with E-state index < -0.39 is 29.7 Å². The maximum Gasteiger partial charge on any atom is 0.306 e. The lowest BCUT2D eigenvalue weighted by Gasteiger charge is -2.17. The number of rotatable bonds is 24. The first-order valence-corrected chi connectivity index (χ1v) is 19.4. The molecule has 0 aliphatic carbocycles. The van der Waals surface area contributed by atoms with Crippen molar-refractivity contribution in [3.63, 3.8) is 0 Å². The van der Waals surface area contributed by atoms with Gasteiger partial charge >= 0.3 is 11.9 Å². The van der Waals surface area contributed by atoms with Crippen molar-refractivity contribution in [3.05, 3.63) is 45.8 Å². The van der Waals surface area contributed by atoms with Gasteiger partial charge in [-0.05, 0) is 31.5 Å². The molecule has 0 fully saturated rings. The summed E-state index contributed by atoms with van der Waals surface area (Å²) in [6, 6.07) is 4.58. The molecule has 312 valence electrons. The number of hydrogen-bond acceptors (Lipinski definition) is 14. The van der Waals surface area contributed by atoms with Crippen LogP contribution in [-0.4, -0.2) is 101 Å². The lowest BCUT2D eigenvalue weighted by Crippen LogP contribution is -2.34. The average Bonchev–Trinajstić information content (AvgIpc) is 3.83. The fourth-order valence-corrected chi connectivity index (χ4v) is 6.87. The number of carbonyl (C=O) groups excluding carboxylic acids is 5. The van der Waals surface area contributed by atoms with Gasteiger partial charge in [-0.25, -0.2) is 8.78 Å². The zero-order chi connectivity index (χ0) is 41.5. The topological polar surface area (TPSA) is 191 Å². The number of hydrogen-bond donors (Lipinski definition) is 2. The molecule has 3 N–H and O–H groups in total. The molecule has 0 bridgehead atoms. The molecule has 2 aromatic carbocycles. The third-order valence-corrected chi connectivity index (χ3v) is 9.81. The standard InChI is InChI=1S/C39H49F2N3O12S/c1-5-53-34(48)9-7-27(45)31-18-25-30(57-31)19-29(51-4)39(36(25)40)55-14-6-13-54-38-28(50-3)17-24-21-44(22-26(24)37(38)41)33(47)8-10-35(49)56-23(2)20-43-32(46)11-15-52-16-12-42/h17-19,23H,5-16,20-22,42H2,1-4H3,(H,43,46)/t23-/m0/s1. The zero-order valence-electron chi connectivity index (χ0n) is 32.5. The summed E-state index contributed by atoms with van der Waals surface area (Å²) in [6.45, 7) is 4.54. The van der Waals surface area contributed by atoms with Gasteiger partial charge in [0.15, 0.2) is 40.4 Å². The number of Topliss-reactive ketones (excluding diaryl/α,β-unsaturated/α-hetero) is 1. The summed E-state index contributed by atoms with van der Waals surface area (Å²) in [7, 11) is 2.72. The number of nitrogens with zero attached hydrogens (tertiary/aromatic N) is 1. The largest absolute Gasteiger partial charge is 0.493 e. The maximum atomic E-state index is 15.8. The van der Waals surface area contributed by atoms with Gasteiger partial charge in [-0.1, -0.05) is 0 Å². The van der Waals surface area contributed by atoms with Gasteiger partial charge in [0.2, 0.25) is 11.8 Å². The zero-order valence-corrected chi connectivity index (χ0v) is 33.3. The van der Waals surface area contributed by atoms with Crippen LogP contribution >= 0.6 is 11.3 Å². The molecule has 0 saturated carbocycles. The van der Waals surface area contributed by atoms with Gasteiger partial charge in [0, 0.05) is 67.0 Å². The normalized spacial score (nSPS) is 12.5. The van der Waals surface area contributed by atoms with E-state index in [1.807, 2.05) is 0 Å². The molecular weight excluding hydrogens is 773 g/mol. The molecule has 1 aliphatic heterocycles. The van der Waals surface area contributed by atoms with Crippen LogP contribution < -0.4 is 30.0 Å². The Morgan fingerprint density at radius 2 is 1.54 bits per heavy atom. The van der Waals surface area contributed by atoms with Crippen LogP contribution in [-0.2, 0) is 46.5 Å². The minimum atomic E-state index is -0.718. The third-order valence-electron chi connectivity index (χ3n) is 8.68. The summed E-state index contributed by atoms with van der Waals surface area (Å²) in [5.41, 5.74) is 6.12. The minimum Gasteiger partial charge on any atom is -0.493 e. The molecule has 1 aromatic heterocycles. The van der Waals surface area contributed by atoms with Gasteiger partial charge < -0.3 is 49.1 Å². The van der Waals surface area contributed by atoms with Gasteiger partial charge in [0.25, 0.3) is 0 Å². The van der Waals surface area contributed by atoms with E-state index >= 15 is 8.78 Å². The number of carbonyl (C=O) groups is 5. The number of benzene rings is 2. The fraction of sp³-hybridized carbons (Fsp3) is 0.513. The monoisotopic (exact) mass is 821 g/mol. The lowest BCUT2D eigenvalue weighted by molar-refractivity contribution is -0.150. The van der Waals surface area contributed by atoms with Crippen molar-refractivity contribution in [2.45, 2.75) is 71.6 Å². The molecule has 18 heteroatoms. The Hall–Kier alpha value is -5.07. The molecule has 15 nitrogen and oxygen atoms in total. The summed E-state index contributed by atoms with van der Waals surface area (Å²) < 4.78 is 69.5. The highest BCUT2D eigenvalue weighted by Crippen LogP contribution is 2.41. The van der Waals surface area contributed by atoms with E-state index in [9.17, 15) is 24.0 Å². The summed E-state index contributed by atoms with van der Waals surface area (Å²) in [5.74, 6) is -3.53. The lowest BCUT2D eigenvalue weighted by atomic mass is 10.1. The summed E-state index contributed by atoms with van der Waals surface area (Å²) in [6.07, 6.45) is -0.780. The van der Waals surface area contributed by atoms with Crippen molar-refractivity contribution in [2.75, 3.05) is 60.3 Å². The first-order chi connectivity index (χ1) is 27.4. The number of ketones is 1. The van der Waals surface area contributed by atoms with Crippen LogP contribution in [0, 0.1) is 11.6 Å². The number of halogens is 2. The van der Waals surface area contributed by atoms with Crippen LogP contribution in [0.2, 0.25) is 0 Å². The SMILES string of the molecule is CCOC(=O)CCC(=O)c1cc2c(F)c(OCCCOc3c(OC)cc4c(c3F)CN(C(=O)CCC(=O)O[C@@H](C)CNC(=O)CCOCCN)C4)c(OC)cc2s1. The number of amides is 2. The smallest absolute Gasteiger partial charge is 0.306 e. The van der Waals surface area contributed by atoms with Crippen molar-refractivity contribution >= 4 is 51.0 Å². The molecule has 0 saturated heterocycles. The number of nitrogens with one attached hydrogen (secondary N) is 1. The van der Waals surface area contributed by atoms with E-state index in [-0.39, 0.29) is 141 Å². The molecule has 3 aromatic rings. The quantitative estimate of drug-likeness (QED) is 0.0725. The second-order valence-electron chi connectivity index (χ2n) is 12.9. The first-order valence-electron chi connectivity index (χ1n) is 18.5. The van der Waals surface area contributed by atoms with Crippen molar-refractivity contribution in [1.29, 1.82) is 0 Å². The van der Waals surface area contributed by atoms with Crippen molar-refractivity contribution in [2.24, 2.45) is 5.73 Å². The van der Waals surface area contributed by atoms with Gasteiger partial charge in [0.1, 0.15) is 6.10 Å². The molecule has 0 unspecified atom stereocenters. The molecule has 1 aliphatic rings. The van der Waals surface area contributed by atoms with Crippen LogP contribution in [0.1, 0.15) is 73.2 Å². The van der Waals surface area contributed by atoms with Gasteiger partial charge in [-0.3, -0.25) is 24.0 Å².